The van der Waals surface area contributed by atoms with Gasteiger partial charge < -0.3 is 9.67 Å². The molecule has 0 aliphatic heterocycles. The summed E-state index contributed by atoms with van der Waals surface area (Å²) in [7, 11) is 0. The predicted molar refractivity (Wildman–Crippen MR) is 64.2 cm³/mol. The first-order valence-electron chi connectivity index (χ1n) is 5.96. The number of carbonyl (C=O) groups is 1. The Morgan fingerprint density at radius 2 is 2.18 bits per heavy atom. The van der Waals surface area contributed by atoms with E-state index in [1.807, 2.05) is 10.6 Å². The van der Waals surface area contributed by atoms with Crippen LogP contribution in [0.1, 0.15) is 42.1 Å². The molecule has 0 amide bonds. The van der Waals surface area contributed by atoms with Crippen molar-refractivity contribution in [2.45, 2.75) is 31.7 Å². The van der Waals surface area contributed by atoms with Gasteiger partial charge >= 0.3 is 5.97 Å². The van der Waals surface area contributed by atoms with Crippen molar-refractivity contribution in [2.24, 2.45) is 0 Å². The first-order chi connectivity index (χ1) is 8.27. The third-order valence-electron chi connectivity index (χ3n) is 3.54. The molecule has 1 saturated carbocycles. The van der Waals surface area contributed by atoms with Crippen molar-refractivity contribution >= 4 is 17.0 Å². The van der Waals surface area contributed by atoms with Crippen LogP contribution in [0.15, 0.2) is 24.5 Å². The molecule has 2 heterocycles. The van der Waals surface area contributed by atoms with Gasteiger partial charge in [-0.2, -0.15) is 0 Å². The van der Waals surface area contributed by atoms with Crippen molar-refractivity contribution in [3.05, 3.63) is 30.1 Å². The van der Waals surface area contributed by atoms with Gasteiger partial charge in [0.25, 0.3) is 0 Å². The average Bonchev–Trinajstić information content (AvgIpc) is 2.95. The van der Waals surface area contributed by atoms with Gasteiger partial charge in [0.05, 0.1) is 5.56 Å². The van der Waals surface area contributed by atoms with E-state index in [1.54, 1.807) is 18.5 Å². The Morgan fingerprint density at radius 3 is 2.88 bits per heavy atom. The van der Waals surface area contributed by atoms with E-state index in [-0.39, 0.29) is 0 Å². The summed E-state index contributed by atoms with van der Waals surface area (Å²) in [4.78, 5) is 15.5. The van der Waals surface area contributed by atoms with Crippen LogP contribution in [0.2, 0.25) is 0 Å². The minimum absolute atomic E-state index is 0.361. The van der Waals surface area contributed by atoms with Crippen LogP contribution in [-0.4, -0.2) is 20.6 Å². The van der Waals surface area contributed by atoms with Gasteiger partial charge in [0.15, 0.2) is 0 Å². The van der Waals surface area contributed by atoms with Crippen molar-refractivity contribution < 1.29 is 9.90 Å². The van der Waals surface area contributed by atoms with Crippen LogP contribution in [0, 0.1) is 0 Å². The fraction of sp³-hybridized carbons (Fsp3) is 0.385. The van der Waals surface area contributed by atoms with Crippen LogP contribution >= 0.6 is 0 Å². The molecule has 0 atom stereocenters. The normalized spacial score (nSPS) is 16.7. The van der Waals surface area contributed by atoms with E-state index in [0.29, 0.717) is 11.6 Å². The summed E-state index contributed by atoms with van der Waals surface area (Å²) in [6.07, 6.45) is 8.16. The van der Waals surface area contributed by atoms with Crippen LogP contribution in [0.3, 0.4) is 0 Å². The Balaban J connectivity index is 2.20. The highest BCUT2D eigenvalue weighted by Gasteiger charge is 2.22. The molecule has 4 nitrogen and oxygen atoms in total. The lowest BCUT2D eigenvalue weighted by atomic mass is 10.2. The summed E-state index contributed by atoms with van der Waals surface area (Å²) in [5.74, 6) is -0.875. The van der Waals surface area contributed by atoms with E-state index >= 15 is 0 Å². The van der Waals surface area contributed by atoms with Crippen molar-refractivity contribution in [2.75, 3.05) is 0 Å². The zero-order valence-electron chi connectivity index (χ0n) is 9.47. The fourth-order valence-corrected chi connectivity index (χ4v) is 2.71. The van der Waals surface area contributed by atoms with Crippen LogP contribution < -0.4 is 0 Å². The third-order valence-corrected chi connectivity index (χ3v) is 3.54. The second-order valence-electron chi connectivity index (χ2n) is 4.57. The lowest BCUT2D eigenvalue weighted by Crippen LogP contribution is -2.03. The van der Waals surface area contributed by atoms with E-state index in [4.69, 9.17) is 0 Å². The topological polar surface area (TPSA) is 55.1 Å². The van der Waals surface area contributed by atoms with E-state index in [0.717, 1.165) is 23.9 Å². The summed E-state index contributed by atoms with van der Waals surface area (Å²) in [5.41, 5.74) is 1.16. The maximum atomic E-state index is 11.2. The van der Waals surface area contributed by atoms with Crippen LogP contribution in [0.4, 0.5) is 0 Å². The summed E-state index contributed by atoms with van der Waals surface area (Å²) in [5, 5.41) is 9.94. The molecule has 17 heavy (non-hydrogen) atoms. The number of hydrogen-bond donors (Lipinski definition) is 1. The third kappa shape index (κ3) is 1.60. The molecule has 0 spiro atoms. The van der Waals surface area contributed by atoms with Gasteiger partial charge in [-0.05, 0) is 25.0 Å². The number of pyridine rings is 1. The first kappa shape index (κ1) is 10.3. The van der Waals surface area contributed by atoms with Gasteiger partial charge in [0.2, 0.25) is 0 Å². The zero-order valence-corrected chi connectivity index (χ0v) is 9.47. The van der Waals surface area contributed by atoms with E-state index < -0.39 is 5.97 Å². The maximum absolute atomic E-state index is 11.2. The van der Waals surface area contributed by atoms with Gasteiger partial charge in [0, 0.05) is 23.8 Å². The molecule has 1 aliphatic carbocycles. The highest BCUT2D eigenvalue weighted by molar-refractivity contribution is 6.02. The van der Waals surface area contributed by atoms with E-state index in [9.17, 15) is 9.90 Å². The molecule has 1 aliphatic rings. The lowest BCUT2D eigenvalue weighted by Gasteiger charge is -2.11. The van der Waals surface area contributed by atoms with Gasteiger partial charge in [-0.25, -0.2) is 9.78 Å². The highest BCUT2D eigenvalue weighted by Crippen LogP contribution is 2.33. The largest absolute Gasteiger partial charge is 0.478 e. The summed E-state index contributed by atoms with van der Waals surface area (Å²) >= 11 is 0. The maximum Gasteiger partial charge on any atom is 0.337 e. The average molecular weight is 230 g/mol. The Hall–Kier alpha value is -1.84. The molecule has 3 rings (SSSR count). The van der Waals surface area contributed by atoms with E-state index in [1.165, 1.54) is 12.8 Å². The molecule has 0 unspecified atom stereocenters. The summed E-state index contributed by atoms with van der Waals surface area (Å²) < 4.78 is 2.05. The van der Waals surface area contributed by atoms with Crippen molar-refractivity contribution in [3.63, 3.8) is 0 Å². The minimum Gasteiger partial charge on any atom is -0.478 e. The van der Waals surface area contributed by atoms with Crippen molar-refractivity contribution in [1.29, 1.82) is 0 Å². The Labute approximate surface area is 98.9 Å². The number of hydrogen-bond acceptors (Lipinski definition) is 2. The molecule has 0 radical (unpaired) electrons. The molecular formula is C13H14N2O2. The molecule has 0 saturated heterocycles. The van der Waals surface area contributed by atoms with Gasteiger partial charge in [0.1, 0.15) is 5.65 Å². The Bertz CT molecular complexity index is 568. The molecule has 1 N–H and O–H groups in total. The molecule has 2 aromatic rings. The van der Waals surface area contributed by atoms with Gasteiger partial charge in [-0.1, -0.05) is 12.8 Å². The second-order valence-corrected chi connectivity index (χ2v) is 4.57. The second kappa shape index (κ2) is 3.87. The Kier molecular flexibility index (Phi) is 2.35. The molecular weight excluding hydrogens is 216 g/mol. The van der Waals surface area contributed by atoms with Crippen LogP contribution in [0.25, 0.3) is 11.0 Å². The lowest BCUT2D eigenvalue weighted by molar-refractivity contribution is 0.0698. The number of nitrogens with zero attached hydrogens (tertiary/aromatic N) is 2. The SMILES string of the molecule is O=C(O)c1cn(C2CCCC2)c2ncccc12. The van der Waals surface area contributed by atoms with Gasteiger partial charge in [-0.3, -0.25) is 0 Å². The number of aromatic carboxylic acids is 1. The fourth-order valence-electron chi connectivity index (χ4n) is 2.71. The number of aromatic nitrogens is 2. The molecule has 88 valence electrons. The molecule has 4 heteroatoms. The summed E-state index contributed by atoms with van der Waals surface area (Å²) in [6.45, 7) is 0. The molecule has 0 aromatic carbocycles. The van der Waals surface area contributed by atoms with Gasteiger partial charge in [-0.15, -0.1) is 0 Å². The van der Waals surface area contributed by atoms with E-state index in [2.05, 4.69) is 4.98 Å². The standard InChI is InChI=1S/C13H14N2O2/c16-13(17)11-8-15(9-4-1-2-5-9)12-10(11)6-3-7-14-12/h3,6-9H,1-2,4-5H2,(H,16,17). The van der Waals surface area contributed by atoms with Crippen LogP contribution in [0.5, 0.6) is 0 Å². The number of carboxylic acids is 1. The quantitative estimate of drug-likeness (QED) is 0.863. The van der Waals surface area contributed by atoms with Crippen molar-refractivity contribution in [3.8, 4) is 0 Å². The molecule has 2 aromatic heterocycles. The summed E-state index contributed by atoms with van der Waals surface area (Å²) in [6, 6.07) is 4.03. The number of fused-ring (bicyclic) bond motifs is 1. The number of carboxylic acid groups (broad SMARTS) is 1. The minimum atomic E-state index is -0.875. The highest BCUT2D eigenvalue weighted by atomic mass is 16.4. The zero-order chi connectivity index (χ0) is 11.8. The monoisotopic (exact) mass is 230 g/mol. The predicted octanol–water partition coefficient (Wildman–Crippen LogP) is 2.85. The number of rotatable bonds is 2. The first-order valence-corrected chi connectivity index (χ1v) is 5.96. The van der Waals surface area contributed by atoms with Crippen LogP contribution in [-0.2, 0) is 0 Å². The molecule has 0 bridgehead atoms. The van der Waals surface area contributed by atoms with Crippen molar-refractivity contribution in [1.82, 2.24) is 9.55 Å². The smallest absolute Gasteiger partial charge is 0.337 e. The Morgan fingerprint density at radius 1 is 1.41 bits per heavy atom. The molecule has 1 fully saturated rings.